The lowest BCUT2D eigenvalue weighted by Crippen LogP contribution is -2.27. The Kier molecular flexibility index (Phi) is 6.34. The minimum absolute atomic E-state index is 0.0287. The molecule has 0 saturated heterocycles. The van der Waals surface area contributed by atoms with Gasteiger partial charge in [0.05, 0.1) is 11.4 Å². The van der Waals surface area contributed by atoms with E-state index in [1.165, 1.54) is 11.8 Å². The van der Waals surface area contributed by atoms with E-state index in [2.05, 4.69) is 15.2 Å². The van der Waals surface area contributed by atoms with Gasteiger partial charge in [0.2, 0.25) is 5.91 Å². The Bertz CT molecular complexity index is 1200. The smallest absolute Gasteiger partial charge is 0.237 e. The zero-order chi connectivity index (χ0) is 21.8. The molecule has 0 N–H and O–H groups in total. The van der Waals surface area contributed by atoms with Gasteiger partial charge in [-0.05, 0) is 48.9 Å². The number of hydrogen-bond acceptors (Lipinski definition) is 5. The molecule has 0 aliphatic rings. The molecule has 6 nitrogen and oxygen atoms in total. The van der Waals surface area contributed by atoms with E-state index in [0.717, 1.165) is 22.5 Å². The van der Waals surface area contributed by atoms with Crippen LogP contribution in [0.1, 0.15) is 5.56 Å². The highest BCUT2D eigenvalue weighted by Gasteiger charge is 2.20. The van der Waals surface area contributed by atoms with Crippen molar-refractivity contribution in [3.8, 4) is 17.1 Å². The van der Waals surface area contributed by atoms with Crippen molar-refractivity contribution in [1.29, 1.82) is 0 Å². The van der Waals surface area contributed by atoms with E-state index in [9.17, 15) is 4.79 Å². The molecule has 8 heteroatoms. The molecule has 0 spiro atoms. The molecular weight excluding hydrogens is 430 g/mol. The van der Waals surface area contributed by atoms with E-state index < -0.39 is 0 Å². The standard InChI is InChI=1S/C23H20ClN5OS/c1-16-19(24)9-6-10-20(16)29-22(17-11-13-25-14-12-17)26-27-23(29)31-15-21(30)28(2)18-7-4-3-5-8-18/h3-14H,15H2,1-2H3. The third-order valence-corrected chi connectivity index (χ3v) is 6.22. The molecule has 0 aliphatic heterocycles. The monoisotopic (exact) mass is 449 g/mol. The predicted molar refractivity (Wildman–Crippen MR) is 125 cm³/mol. The van der Waals surface area contributed by atoms with Crippen molar-refractivity contribution < 1.29 is 4.79 Å². The molecule has 0 saturated carbocycles. The van der Waals surface area contributed by atoms with Crippen molar-refractivity contribution in [1.82, 2.24) is 19.7 Å². The van der Waals surface area contributed by atoms with Crippen LogP contribution < -0.4 is 4.90 Å². The summed E-state index contributed by atoms with van der Waals surface area (Å²) in [5.74, 6) is 0.859. The number of rotatable bonds is 6. The molecule has 0 fully saturated rings. The summed E-state index contributed by atoms with van der Waals surface area (Å²) in [5.41, 5.74) is 3.50. The maximum absolute atomic E-state index is 12.8. The average molecular weight is 450 g/mol. The van der Waals surface area contributed by atoms with Crippen LogP contribution in [0.5, 0.6) is 0 Å². The second kappa shape index (κ2) is 9.32. The van der Waals surface area contributed by atoms with E-state index in [4.69, 9.17) is 11.6 Å². The minimum Gasteiger partial charge on any atom is -0.315 e. The van der Waals surface area contributed by atoms with Gasteiger partial charge in [0.15, 0.2) is 11.0 Å². The molecule has 2 aromatic carbocycles. The van der Waals surface area contributed by atoms with Crippen LogP contribution in [0, 0.1) is 6.92 Å². The number of hydrogen-bond donors (Lipinski definition) is 0. The van der Waals surface area contributed by atoms with Crippen LogP contribution in [0.15, 0.2) is 78.2 Å². The molecule has 4 rings (SSSR count). The summed E-state index contributed by atoms with van der Waals surface area (Å²) >= 11 is 7.73. The summed E-state index contributed by atoms with van der Waals surface area (Å²) in [6.45, 7) is 1.96. The van der Waals surface area contributed by atoms with Gasteiger partial charge in [0.1, 0.15) is 0 Å². The molecule has 31 heavy (non-hydrogen) atoms. The van der Waals surface area contributed by atoms with Gasteiger partial charge >= 0.3 is 0 Å². The lowest BCUT2D eigenvalue weighted by Gasteiger charge is -2.17. The van der Waals surface area contributed by atoms with Crippen LogP contribution in [0.25, 0.3) is 17.1 Å². The summed E-state index contributed by atoms with van der Waals surface area (Å²) in [6, 6.07) is 19.0. The summed E-state index contributed by atoms with van der Waals surface area (Å²) < 4.78 is 1.94. The number of benzene rings is 2. The maximum atomic E-state index is 12.8. The number of anilines is 1. The zero-order valence-electron chi connectivity index (χ0n) is 17.1. The molecule has 156 valence electrons. The minimum atomic E-state index is -0.0287. The van der Waals surface area contributed by atoms with Crippen LogP contribution in [0.4, 0.5) is 5.69 Å². The van der Waals surface area contributed by atoms with Gasteiger partial charge in [0, 0.05) is 35.7 Å². The number of nitrogens with zero attached hydrogens (tertiary/aromatic N) is 5. The molecular formula is C23H20ClN5OS. The molecule has 4 aromatic rings. The number of pyridine rings is 1. The van der Waals surface area contributed by atoms with E-state index in [-0.39, 0.29) is 11.7 Å². The molecule has 0 bridgehead atoms. The van der Waals surface area contributed by atoms with Crippen LogP contribution in [0.3, 0.4) is 0 Å². The van der Waals surface area contributed by atoms with Gasteiger partial charge in [-0.2, -0.15) is 0 Å². The number of amides is 1. The van der Waals surface area contributed by atoms with Crippen molar-refractivity contribution in [3.63, 3.8) is 0 Å². The fourth-order valence-corrected chi connectivity index (χ4v) is 4.15. The lowest BCUT2D eigenvalue weighted by atomic mass is 10.2. The highest BCUT2D eigenvalue weighted by atomic mass is 35.5. The van der Waals surface area contributed by atoms with Crippen LogP contribution in [-0.4, -0.2) is 38.5 Å². The van der Waals surface area contributed by atoms with Crippen molar-refractivity contribution >= 4 is 35.0 Å². The highest BCUT2D eigenvalue weighted by molar-refractivity contribution is 7.99. The second-order valence-electron chi connectivity index (χ2n) is 6.84. The van der Waals surface area contributed by atoms with Crippen LogP contribution in [-0.2, 0) is 4.79 Å². The lowest BCUT2D eigenvalue weighted by molar-refractivity contribution is -0.115. The van der Waals surface area contributed by atoms with Crippen molar-refractivity contribution in [3.05, 3.63) is 83.6 Å². The molecule has 2 aromatic heterocycles. The number of carbonyl (C=O) groups excluding carboxylic acids is 1. The van der Waals surface area contributed by atoms with Gasteiger partial charge in [-0.1, -0.05) is 47.6 Å². The van der Waals surface area contributed by atoms with Crippen LogP contribution >= 0.6 is 23.4 Å². The number of thioether (sulfide) groups is 1. The van der Waals surface area contributed by atoms with Gasteiger partial charge in [-0.3, -0.25) is 14.3 Å². The van der Waals surface area contributed by atoms with Crippen LogP contribution in [0.2, 0.25) is 5.02 Å². The first-order valence-electron chi connectivity index (χ1n) is 9.62. The van der Waals surface area contributed by atoms with Gasteiger partial charge in [0.25, 0.3) is 0 Å². The highest BCUT2D eigenvalue weighted by Crippen LogP contribution is 2.31. The quantitative estimate of drug-likeness (QED) is 0.385. The maximum Gasteiger partial charge on any atom is 0.237 e. The topological polar surface area (TPSA) is 63.9 Å². The summed E-state index contributed by atoms with van der Waals surface area (Å²) in [5, 5.41) is 10.1. The van der Waals surface area contributed by atoms with E-state index in [1.54, 1.807) is 24.3 Å². The van der Waals surface area contributed by atoms with Crippen molar-refractivity contribution in [2.24, 2.45) is 0 Å². The summed E-state index contributed by atoms with van der Waals surface area (Å²) in [7, 11) is 1.77. The molecule has 0 aliphatic carbocycles. The van der Waals surface area contributed by atoms with Crippen molar-refractivity contribution in [2.45, 2.75) is 12.1 Å². The summed E-state index contributed by atoms with van der Waals surface area (Å²) in [4.78, 5) is 18.5. The second-order valence-corrected chi connectivity index (χ2v) is 8.19. The van der Waals surface area contributed by atoms with Crippen molar-refractivity contribution in [2.75, 3.05) is 17.7 Å². The van der Waals surface area contributed by atoms with E-state index >= 15 is 0 Å². The van der Waals surface area contributed by atoms with Gasteiger partial charge in [-0.25, -0.2) is 0 Å². The zero-order valence-corrected chi connectivity index (χ0v) is 18.6. The summed E-state index contributed by atoms with van der Waals surface area (Å²) in [6.07, 6.45) is 3.43. The first kappa shape index (κ1) is 21.1. The largest absolute Gasteiger partial charge is 0.315 e. The Morgan fingerprint density at radius 1 is 1.03 bits per heavy atom. The number of para-hydroxylation sites is 1. The number of aromatic nitrogens is 4. The predicted octanol–water partition coefficient (Wildman–Crippen LogP) is 5.05. The molecule has 2 heterocycles. The Morgan fingerprint density at radius 2 is 1.77 bits per heavy atom. The Morgan fingerprint density at radius 3 is 2.52 bits per heavy atom. The first-order chi connectivity index (χ1) is 15.1. The van der Waals surface area contributed by atoms with Gasteiger partial charge < -0.3 is 4.90 Å². The Hall–Kier alpha value is -3.16. The number of carbonyl (C=O) groups is 1. The SMILES string of the molecule is Cc1c(Cl)cccc1-n1c(SCC(=O)N(C)c2ccccc2)nnc1-c1ccncc1. The fourth-order valence-electron chi connectivity index (χ4n) is 3.13. The third kappa shape index (κ3) is 4.47. The Labute approximate surface area is 189 Å². The normalized spacial score (nSPS) is 10.8. The first-order valence-corrected chi connectivity index (χ1v) is 11.0. The van der Waals surface area contributed by atoms with E-state index in [0.29, 0.717) is 16.0 Å². The fraction of sp³-hybridized carbons (Fsp3) is 0.130. The molecule has 0 atom stereocenters. The molecule has 0 radical (unpaired) electrons. The Balaban J connectivity index is 1.67. The molecule has 1 amide bonds. The average Bonchev–Trinajstić information content (AvgIpc) is 3.23. The third-order valence-electron chi connectivity index (χ3n) is 4.89. The van der Waals surface area contributed by atoms with E-state index in [1.807, 2.05) is 72.2 Å². The molecule has 0 unspecified atom stereocenters. The van der Waals surface area contributed by atoms with Gasteiger partial charge in [-0.15, -0.1) is 10.2 Å². The number of halogens is 1.